The second-order valence-electron chi connectivity index (χ2n) is 2.46. The Bertz CT molecular complexity index is 424. The van der Waals surface area contributed by atoms with E-state index in [9.17, 15) is 0 Å². The van der Waals surface area contributed by atoms with Gasteiger partial charge in [-0.15, -0.1) is 5.10 Å². The van der Waals surface area contributed by atoms with E-state index in [4.69, 9.17) is 0 Å². The topological polar surface area (TPSA) is 43.6 Å². The van der Waals surface area contributed by atoms with Gasteiger partial charge in [0.1, 0.15) is 0 Å². The first-order valence-electron chi connectivity index (χ1n) is 3.64. The molecule has 65 valence electrons. The quantitative estimate of drug-likeness (QED) is 0.757. The zero-order valence-electron chi connectivity index (χ0n) is 6.68. The summed E-state index contributed by atoms with van der Waals surface area (Å²) in [5.74, 6) is 0.520. The molecule has 0 N–H and O–H groups in total. The van der Waals surface area contributed by atoms with Crippen LogP contribution in [-0.4, -0.2) is 20.2 Å². The summed E-state index contributed by atoms with van der Waals surface area (Å²) in [5, 5.41) is 11.0. The van der Waals surface area contributed by atoms with Crippen LogP contribution in [0.4, 0.5) is 0 Å². The summed E-state index contributed by atoms with van der Waals surface area (Å²) in [4.78, 5) is 0. The Kier molecular flexibility index (Phi) is 2.10. The molecule has 5 heteroatoms. The first kappa shape index (κ1) is 8.37. The number of para-hydroxylation sites is 1. The monoisotopic (exact) mass is 237 g/mol. The zero-order chi connectivity index (χ0) is 9.26. The maximum atomic E-state index is 3.81. The van der Waals surface area contributed by atoms with Gasteiger partial charge >= 0.3 is 0 Å². The lowest BCUT2D eigenvalue weighted by atomic mass is 10.3. The number of tetrazole rings is 1. The molecule has 0 saturated heterocycles. The molecular formula is C8H6BrN4. The van der Waals surface area contributed by atoms with Crippen LogP contribution in [0.25, 0.3) is 5.69 Å². The fourth-order valence-corrected chi connectivity index (χ4v) is 1.47. The predicted octanol–water partition coefficient (Wildman–Crippen LogP) is 1.61. The summed E-state index contributed by atoms with van der Waals surface area (Å²) in [5.41, 5.74) is 0.887. The number of rotatable bonds is 1. The van der Waals surface area contributed by atoms with Crippen molar-refractivity contribution >= 4 is 15.9 Å². The van der Waals surface area contributed by atoms with Crippen molar-refractivity contribution in [3.05, 3.63) is 41.5 Å². The van der Waals surface area contributed by atoms with Gasteiger partial charge in [0.05, 0.1) is 5.69 Å². The highest BCUT2D eigenvalue weighted by Gasteiger charge is 2.05. The molecule has 2 aromatic rings. The van der Waals surface area contributed by atoms with E-state index in [1.165, 1.54) is 0 Å². The predicted molar refractivity (Wildman–Crippen MR) is 51.3 cm³/mol. The number of hydrogen-bond acceptors (Lipinski definition) is 3. The normalized spacial score (nSPS) is 10.3. The summed E-state index contributed by atoms with van der Waals surface area (Å²) < 4.78 is 2.51. The number of hydrogen-bond donors (Lipinski definition) is 0. The van der Waals surface area contributed by atoms with Gasteiger partial charge in [0.15, 0.2) is 5.82 Å². The lowest BCUT2D eigenvalue weighted by Gasteiger charge is -2.02. The van der Waals surface area contributed by atoms with E-state index in [2.05, 4.69) is 38.4 Å². The van der Waals surface area contributed by atoms with Crippen molar-refractivity contribution < 1.29 is 0 Å². The van der Waals surface area contributed by atoms with Crippen molar-refractivity contribution in [2.45, 2.75) is 0 Å². The highest BCUT2D eigenvalue weighted by molar-refractivity contribution is 9.10. The third kappa shape index (κ3) is 1.47. The molecule has 1 aromatic heterocycles. The van der Waals surface area contributed by atoms with Crippen molar-refractivity contribution in [1.29, 1.82) is 0 Å². The Labute approximate surface area is 83.7 Å². The molecule has 0 bridgehead atoms. The van der Waals surface area contributed by atoms with Crippen LogP contribution in [0.2, 0.25) is 0 Å². The van der Waals surface area contributed by atoms with E-state index >= 15 is 0 Å². The van der Waals surface area contributed by atoms with Crippen LogP contribution >= 0.6 is 15.9 Å². The summed E-state index contributed by atoms with van der Waals surface area (Å²) in [7, 11) is 0. The van der Waals surface area contributed by atoms with Crippen LogP contribution in [0.5, 0.6) is 0 Å². The Balaban J connectivity index is 2.59. The second kappa shape index (κ2) is 3.26. The van der Waals surface area contributed by atoms with Crippen LogP contribution < -0.4 is 0 Å². The Morgan fingerprint density at radius 2 is 2.08 bits per heavy atom. The molecule has 0 aliphatic heterocycles. The fraction of sp³-hybridized carbons (Fsp3) is 0. The lowest BCUT2D eigenvalue weighted by Crippen LogP contribution is -1.99. The summed E-state index contributed by atoms with van der Waals surface area (Å²) in [6.45, 7) is 3.70. The van der Waals surface area contributed by atoms with Crippen molar-refractivity contribution in [3.8, 4) is 5.69 Å². The number of benzene rings is 1. The first-order valence-corrected chi connectivity index (χ1v) is 4.43. The number of halogens is 1. The molecule has 13 heavy (non-hydrogen) atoms. The maximum absolute atomic E-state index is 3.81. The highest BCUT2D eigenvalue weighted by atomic mass is 79.9. The smallest absolute Gasteiger partial charge is 0.157 e. The molecular weight excluding hydrogens is 232 g/mol. The minimum atomic E-state index is 0.520. The molecule has 1 radical (unpaired) electrons. The van der Waals surface area contributed by atoms with E-state index in [0.29, 0.717) is 5.82 Å². The van der Waals surface area contributed by atoms with Gasteiger partial charge in [-0.3, -0.25) is 0 Å². The van der Waals surface area contributed by atoms with Gasteiger partial charge in [-0.25, -0.2) is 0 Å². The summed E-state index contributed by atoms with van der Waals surface area (Å²) in [6, 6.07) is 7.69. The molecule has 0 aliphatic carbocycles. The van der Waals surface area contributed by atoms with Crippen molar-refractivity contribution in [3.63, 3.8) is 0 Å². The molecule has 4 nitrogen and oxygen atoms in total. The molecule has 0 fully saturated rings. The first-order chi connectivity index (χ1) is 6.29. The van der Waals surface area contributed by atoms with Gasteiger partial charge < -0.3 is 0 Å². The summed E-state index contributed by atoms with van der Waals surface area (Å²) >= 11 is 3.41. The highest BCUT2D eigenvalue weighted by Crippen LogP contribution is 2.19. The molecule has 0 amide bonds. The minimum absolute atomic E-state index is 0.520. The van der Waals surface area contributed by atoms with E-state index in [0.717, 1.165) is 10.2 Å². The van der Waals surface area contributed by atoms with E-state index in [1.807, 2.05) is 24.3 Å². The SMILES string of the molecule is [CH2]c1nnnn1-c1ccccc1Br. The standard InChI is InChI=1S/C8H6BrN4/c1-6-10-11-12-13(6)8-5-3-2-4-7(8)9/h2-5H,1H2. The van der Waals surface area contributed by atoms with Crippen molar-refractivity contribution in [2.75, 3.05) is 0 Å². The second-order valence-corrected chi connectivity index (χ2v) is 3.31. The zero-order valence-corrected chi connectivity index (χ0v) is 8.27. The number of nitrogens with zero attached hydrogens (tertiary/aromatic N) is 4. The lowest BCUT2D eigenvalue weighted by molar-refractivity contribution is 0.782. The molecule has 0 spiro atoms. The van der Waals surface area contributed by atoms with Gasteiger partial charge in [0, 0.05) is 11.4 Å². The Hall–Kier alpha value is -1.23. The Morgan fingerprint density at radius 1 is 1.31 bits per heavy atom. The van der Waals surface area contributed by atoms with E-state index < -0.39 is 0 Å². The maximum Gasteiger partial charge on any atom is 0.157 e. The third-order valence-corrected chi connectivity index (χ3v) is 2.29. The number of aromatic nitrogens is 4. The minimum Gasteiger partial charge on any atom is -0.196 e. The van der Waals surface area contributed by atoms with Crippen LogP contribution in [-0.2, 0) is 0 Å². The van der Waals surface area contributed by atoms with Crippen LogP contribution in [0.1, 0.15) is 5.82 Å². The molecule has 0 atom stereocenters. The average Bonchev–Trinajstić information content (AvgIpc) is 2.52. The molecule has 0 saturated carbocycles. The molecule has 0 aliphatic rings. The molecule has 2 rings (SSSR count). The van der Waals surface area contributed by atoms with Crippen LogP contribution in [0.3, 0.4) is 0 Å². The summed E-state index contributed by atoms with van der Waals surface area (Å²) in [6.07, 6.45) is 0. The fourth-order valence-electron chi connectivity index (χ4n) is 1.02. The van der Waals surface area contributed by atoms with E-state index in [1.54, 1.807) is 4.68 Å². The van der Waals surface area contributed by atoms with Crippen molar-refractivity contribution in [1.82, 2.24) is 20.2 Å². The van der Waals surface area contributed by atoms with Gasteiger partial charge in [-0.05, 0) is 38.5 Å². The largest absolute Gasteiger partial charge is 0.196 e. The molecule has 1 aromatic carbocycles. The van der Waals surface area contributed by atoms with Gasteiger partial charge in [-0.2, -0.15) is 4.68 Å². The average molecular weight is 238 g/mol. The van der Waals surface area contributed by atoms with Gasteiger partial charge in [-0.1, -0.05) is 12.1 Å². The molecule has 0 unspecified atom stereocenters. The Morgan fingerprint density at radius 3 is 2.69 bits per heavy atom. The molecule has 1 heterocycles. The van der Waals surface area contributed by atoms with Gasteiger partial charge in [0.25, 0.3) is 0 Å². The van der Waals surface area contributed by atoms with Crippen LogP contribution in [0.15, 0.2) is 28.7 Å². The third-order valence-electron chi connectivity index (χ3n) is 1.61. The van der Waals surface area contributed by atoms with Crippen molar-refractivity contribution in [2.24, 2.45) is 0 Å². The van der Waals surface area contributed by atoms with E-state index in [-0.39, 0.29) is 0 Å². The van der Waals surface area contributed by atoms with Gasteiger partial charge in [0.2, 0.25) is 0 Å². The van der Waals surface area contributed by atoms with Crippen LogP contribution in [0, 0.1) is 6.92 Å².